The molecule has 3 rings (SSSR count). The average molecular weight is 408 g/mol. The molecule has 0 aliphatic rings. The molecule has 0 aliphatic heterocycles. The van der Waals surface area contributed by atoms with E-state index < -0.39 is 10.0 Å². The third kappa shape index (κ3) is 5.46. The van der Waals surface area contributed by atoms with Gasteiger partial charge in [0.1, 0.15) is 5.75 Å². The van der Waals surface area contributed by atoms with Crippen molar-refractivity contribution in [2.45, 2.75) is 4.90 Å². The zero-order chi connectivity index (χ0) is 20.7. The van der Waals surface area contributed by atoms with Crippen LogP contribution in [0.15, 0.2) is 89.8 Å². The van der Waals surface area contributed by atoms with Crippen LogP contribution in [-0.2, 0) is 14.8 Å². The van der Waals surface area contributed by atoms with E-state index in [4.69, 9.17) is 4.74 Å². The first-order chi connectivity index (χ1) is 14.0. The first-order valence-corrected chi connectivity index (χ1v) is 10.3. The molecule has 148 valence electrons. The number of methoxy groups -OCH3 is 1. The SMILES string of the molecule is COc1cc(S(=O)(=O)Nc2ccccc2)ccc1NC(=O)C=Cc1ccccc1. The van der Waals surface area contributed by atoms with Gasteiger partial charge in [0.2, 0.25) is 5.91 Å². The highest BCUT2D eigenvalue weighted by Crippen LogP contribution is 2.28. The number of benzene rings is 3. The van der Waals surface area contributed by atoms with Gasteiger partial charge < -0.3 is 10.1 Å². The summed E-state index contributed by atoms with van der Waals surface area (Å²) in [5.74, 6) is -0.118. The van der Waals surface area contributed by atoms with Gasteiger partial charge in [0.15, 0.2) is 0 Å². The fourth-order valence-electron chi connectivity index (χ4n) is 2.57. The maximum absolute atomic E-state index is 12.6. The van der Waals surface area contributed by atoms with Gasteiger partial charge >= 0.3 is 0 Å². The summed E-state index contributed by atoms with van der Waals surface area (Å²) in [6.45, 7) is 0. The first kappa shape index (κ1) is 20.2. The van der Waals surface area contributed by atoms with E-state index >= 15 is 0 Å². The summed E-state index contributed by atoms with van der Waals surface area (Å²) in [4.78, 5) is 12.2. The Labute approximate surface area is 169 Å². The van der Waals surface area contributed by atoms with Gasteiger partial charge in [-0.25, -0.2) is 8.42 Å². The van der Waals surface area contributed by atoms with Crippen molar-refractivity contribution in [1.29, 1.82) is 0 Å². The molecule has 29 heavy (non-hydrogen) atoms. The van der Waals surface area contributed by atoms with Crippen LogP contribution in [0.4, 0.5) is 11.4 Å². The van der Waals surface area contributed by atoms with Crippen LogP contribution in [-0.4, -0.2) is 21.4 Å². The Hall–Kier alpha value is -3.58. The van der Waals surface area contributed by atoms with Crippen LogP contribution in [0.25, 0.3) is 6.08 Å². The molecule has 0 saturated carbocycles. The molecule has 0 aromatic heterocycles. The molecule has 7 heteroatoms. The molecule has 0 atom stereocenters. The molecule has 6 nitrogen and oxygen atoms in total. The fourth-order valence-corrected chi connectivity index (χ4v) is 3.65. The number of rotatable bonds is 7. The summed E-state index contributed by atoms with van der Waals surface area (Å²) in [7, 11) is -2.39. The van der Waals surface area contributed by atoms with Gasteiger partial charge in [-0.05, 0) is 35.9 Å². The Morgan fingerprint density at radius 2 is 1.59 bits per heavy atom. The van der Waals surface area contributed by atoms with E-state index in [1.807, 2.05) is 30.3 Å². The molecular formula is C22H20N2O4S. The molecular weight excluding hydrogens is 388 g/mol. The predicted molar refractivity (Wildman–Crippen MR) is 114 cm³/mol. The third-order valence-corrected chi connectivity index (χ3v) is 5.37. The van der Waals surface area contributed by atoms with Crippen molar-refractivity contribution in [2.75, 3.05) is 17.1 Å². The second kappa shape index (κ2) is 9.07. The number of hydrogen-bond acceptors (Lipinski definition) is 4. The minimum atomic E-state index is -3.79. The maximum atomic E-state index is 12.6. The Balaban J connectivity index is 1.76. The number of sulfonamides is 1. The lowest BCUT2D eigenvalue weighted by molar-refractivity contribution is -0.111. The van der Waals surface area contributed by atoms with E-state index in [1.54, 1.807) is 36.4 Å². The number of carbonyl (C=O) groups excluding carboxylic acids is 1. The Morgan fingerprint density at radius 3 is 2.24 bits per heavy atom. The lowest BCUT2D eigenvalue weighted by Crippen LogP contribution is -2.14. The number of nitrogens with one attached hydrogen (secondary N) is 2. The molecule has 1 amide bonds. The summed E-state index contributed by atoms with van der Waals surface area (Å²) >= 11 is 0. The van der Waals surface area contributed by atoms with E-state index in [9.17, 15) is 13.2 Å². The minimum absolute atomic E-state index is 0.0241. The summed E-state index contributed by atoms with van der Waals surface area (Å²) in [6.07, 6.45) is 3.08. The van der Waals surface area contributed by atoms with Crippen molar-refractivity contribution in [2.24, 2.45) is 0 Å². The second-order valence-corrected chi connectivity index (χ2v) is 7.75. The lowest BCUT2D eigenvalue weighted by Gasteiger charge is -2.12. The number of hydrogen-bond donors (Lipinski definition) is 2. The molecule has 2 N–H and O–H groups in total. The van der Waals surface area contributed by atoms with Crippen LogP contribution in [0, 0.1) is 0 Å². The number of ether oxygens (including phenoxy) is 1. The molecule has 0 saturated heterocycles. The standard InChI is InChI=1S/C22H20N2O4S/c1-28-21-16-19(29(26,27)24-18-10-6-3-7-11-18)13-14-20(21)23-22(25)15-12-17-8-4-2-5-9-17/h2-16,24H,1H3,(H,23,25). The van der Waals surface area contributed by atoms with Crippen LogP contribution in [0.5, 0.6) is 5.75 Å². The monoisotopic (exact) mass is 408 g/mol. The van der Waals surface area contributed by atoms with Crippen LogP contribution in [0.3, 0.4) is 0 Å². The van der Waals surface area contributed by atoms with Gasteiger partial charge in [-0.3, -0.25) is 9.52 Å². The van der Waals surface area contributed by atoms with E-state index in [1.165, 1.54) is 31.4 Å². The van der Waals surface area contributed by atoms with Crippen molar-refractivity contribution < 1.29 is 17.9 Å². The highest BCUT2D eigenvalue weighted by Gasteiger charge is 2.17. The number of para-hydroxylation sites is 1. The molecule has 3 aromatic carbocycles. The zero-order valence-electron chi connectivity index (χ0n) is 15.7. The van der Waals surface area contributed by atoms with E-state index in [0.29, 0.717) is 11.4 Å². The highest BCUT2D eigenvalue weighted by molar-refractivity contribution is 7.92. The second-order valence-electron chi connectivity index (χ2n) is 6.07. The minimum Gasteiger partial charge on any atom is -0.495 e. The molecule has 0 heterocycles. The third-order valence-electron chi connectivity index (χ3n) is 3.99. The summed E-state index contributed by atoms with van der Waals surface area (Å²) in [6, 6.07) is 22.2. The van der Waals surface area contributed by atoms with Crippen molar-refractivity contribution >= 4 is 33.4 Å². The summed E-state index contributed by atoms with van der Waals surface area (Å²) < 4.78 is 33.0. The zero-order valence-corrected chi connectivity index (χ0v) is 16.5. The topological polar surface area (TPSA) is 84.5 Å². The number of amides is 1. The summed E-state index contributed by atoms with van der Waals surface area (Å²) in [5.41, 5.74) is 1.71. The lowest BCUT2D eigenvalue weighted by atomic mass is 10.2. The van der Waals surface area contributed by atoms with Crippen LogP contribution < -0.4 is 14.8 Å². The quantitative estimate of drug-likeness (QED) is 0.575. The van der Waals surface area contributed by atoms with Gasteiger partial charge in [-0.2, -0.15) is 0 Å². The van der Waals surface area contributed by atoms with Crippen molar-refractivity contribution in [1.82, 2.24) is 0 Å². The van der Waals surface area contributed by atoms with Crippen molar-refractivity contribution in [3.8, 4) is 5.75 Å². The molecule has 3 aromatic rings. The first-order valence-electron chi connectivity index (χ1n) is 8.78. The van der Waals surface area contributed by atoms with Crippen LogP contribution in [0.2, 0.25) is 0 Å². The number of carbonyl (C=O) groups is 1. The molecule has 0 bridgehead atoms. The summed E-state index contributed by atoms with van der Waals surface area (Å²) in [5, 5.41) is 2.69. The van der Waals surface area contributed by atoms with Crippen LogP contribution in [0.1, 0.15) is 5.56 Å². The molecule has 0 unspecified atom stereocenters. The van der Waals surface area contributed by atoms with Gasteiger partial charge in [0, 0.05) is 17.8 Å². The van der Waals surface area contributed by atoms with Gasteiger partial charge in [0.05, 0.1) is 17.7 Å². The van der Waals surface area contributed by atoms with Crippen molar-refractivity contribution in [3.05, 3.63) is 90.5 Å². The van der Waals surface area contributed by atoms with Gasteiger partial charge in [-0.1, -0.05) is 48.5 Å². The van der Waals surface area contributed by atoms with Gasteiger partial charge in [0.25, 0.3) is 10.0 Å². The largest absolute Gasteiger partial charge is 0.495 e. The molecule has 0 radical (unpaired) electrons. The van der Waals surface area contributed by atoms with Crippen LogP contribution >= 0.6 is 0 Å². The van der Waals surface area contributed by atoms with E-state index in [0.717, 1.165) is 5.56 Å². The number of anilines is 2. The Bertz CT molecular complexity index is 1110. The molecule has 0 aliphatic carbocycles. The predicted octanol–water partition coefficient (Wildman–Crippen LogP) is 4.15. The smallest absolute Gasteiger partial charge is 0.262 e. The van der Waals surface area contributed by atoms with Crippen molar-refractivity contribution in [3.63, 3.8) is 0 Å². The Morgan fingerprint density at radius 1 is 0.931 bits per heavy atom. The average Bonchev–Trinajstić information content (AvgIpc) is 2.73. The highest BCUT2D eigenvalue weighted by atomic mass is 32.2. The maximum Gasteiger partial charge on any atom is 0.262 e. The fraction of sp³-hybridized carbons (Fsp3) is 0.0455. The normalized spacial score (nSPS) is 11.2. The Kier molecular flexibility index (Phi) is 6.31. The van der Waals surface area contributed by atoms with Gasteiger partial charge in [-0.15, -0.1) is 0 Å². The molecule has 0 spiro atoms. The molecule has 0 fully saturated rings. The van der Waals surface area contributed by atoms with E-state index in [2.05, 4.69) is 10.0 Å². The van der Waals surface area contributed by atoms with E-state index in [-0.39, 0.29) is 16.6 Å².